The number of carboxylic acid groups (broad SMARTS) is 1. The quantitative estimate of drug-likeness (QED) is 0.600. The average molecular weight is 337 g/mol. The van der Waals surface area contributed by atoms with Crippen LogP contribution in [0.4, 0.5) is 5.69 Å². The SMILES string of the molecule is CC(C)[C@H](NS(=O)(=O)c1ccc(Cl)cc1[N+](=O)[O-])C(=O)O. The zero-order valence-corrected chi connectivity index (χ0v) is 12.7. The van der Waals surface area contributed by atoms with Gasteiger partial charge in [0.15, 0.2) is 4.90 Å². The summed E-state index contributed by atoms with van der Waals surface area (Å²) in [6.07, 6.45) is 0. The highest BCUT2D eigenvalue weighted by Crippen LogP contribution is 2.27. The van der Waals surface area contributed by atoms with Crippen LogP contribution in [0.15, 0.2) is 23.1 Å². The Morgan fingerprint density at radius 2 is 2.00 bits per heavy atom. The number of rotatable bonds is 6. The van der Waals surface area contributed by atoms with Crippen molar-refractivity contribution in [2.75, 3.05) is 0 Å². The third kappa shape index (κ3) is 4.13. The van der Waals surface area contributed by atoms with Gasteiger partial charge in [-0.2, -0.15) is 4.72 Å². The van der Waals surface area contributed by atoms with E-state index >= 15 is 0 Å². The number of halogens is 1. The Hall–Kier alpha value is -1.71. The second kappa shape index (κ2) is 6.37. The van der Waals surface area contributed by atoms with Gasteiger partial charge in [0.1, 0.15) is 6.04 Å². The lowest BCUT2D eigenvalue weighted by Crippen LogP contribution is -2.44. The molecule has 0 aliphatic rings. The van der Waals surface area contributed by atoms with Gasteiger partial charge >= 0.3 is 5.97 Å². The normalized spacial score (nSPS) is 13.1. The van der Waals surface area contributed by atoms with Gasteiger partial charge in [-0.15, -0.1) is 0 Å². The van der Waals surface area contributed by atoms with Gasteiger partial charge in [-0.3, -0.25) is 14.9 Å². The number of sulfonamides is 1. The highest BCUT2D eigenvalue weighted by atomic mass is 35.5. The molecule has 0 fully saturated rings. The minimum atomic E-state index is -4.37. The number of nitro groups is 1. The minimum Gasteiger partial charge on any atom is -0.480 e. The number of hydrogen-bond acceptors (Lipinski definition) is 5. The molecule has 0 heterocycles. The number of benzene rings is 1. The predicted octanol–water partition coefficient (Wildman–Crippen LogP) is 1.64. The molecule has 0 bridgehead atoms. The van der Waals surface area contributed by atoms with Crippen LogP contribution in [0.2, 0.25) is 5.02 Å². The van der Waals surface area contributed by atoms with Gasteiger partial charge in [-0.25, -0.2) is 8.42 Å². The van der Waals surface area contributed by atoms with E-state index in [-0.39, 0.29) is 5.02 Å². The summed E-state index contributed by atoms with van der Waals surface area (Å²) in [6, 6.07) is 1.63. The van der Waals surface area contributed by atoms with Gasteiger partial charge in [0.05, 0.1) is 4.92 Å². The van der Waals surface area contributed by atoms with E-state index in [0.29, 0.717) is 0 Å². The summed E-state index contributed by atoms with van der Waals surface area (Å²) in [4.78, 5) is 20.4. The van der Waals surface area contributed by atoms with E-state index in [1.807, 2.05) is 4.72 Å². The van der Waals surface area contributed by atoms with Crippen LogP contribution in [0.5, 0.6) is 0 Å². The van der Waals surface area contributed by atoms with Crippen molar-refractivity contribution in [1.29, 1.82) is 0 Å². The maximum atomic E-state index is 12.2. The van der Waals surface area contributed by atoms with Crippen LogP contribution in [0.1, 0.15) is 13.8 Å². The van der Waals surface area contributed by atoms with Crippen molar-refractivity contribution in [1.82, 2.24) is 4.72 Å². The van der Waals surface area contributed by atoms with Crippen LogP contribution in [0.25, 0.3) is 0 Å². The first-order valence-electron chi connectivity index (χ1n) is 5.75. The number of nitrogens with one attached hydrogen (secondary N) is 1. The molecule has 1 aromatic carbocycles. The molecule has 0 aliphatic heterocycles. The molecule has 1 rings (SSSR count). The Balaban J connectivity index is 3.32. The molecular formula is C11H13ClN2O6S. The smallest absolute Gasteiger partial charge is 0.322 e. The minimum absolute atomic E-state index is 0.000654. The first-order valence-corrected chi connectivity index (χ1v) is 7.61. The molecule has 0 aromatic heterocycles. The third-order valence-corrected chi connectivity index (χ3v) is 4.35. The summed E-state index contributed by atoms with van der Waals surface area (Å²) in [5, 5.41) is 19.9. The standard InChI is InChI=1S/C11H13ClN2O6S/c1-6(2)10(11(15)16)13-21(19,20)9-4-3-7(12)5-8(9)14(17)18/h3-6,10,13H,1-2H3,(H,15,16)/t10-/m0/s1. The Morgan fingerprint density at radius 1 is 1.43 bits per heavy atom. The molecule has 0 saturated heterocycles. The molecule has 0 aliphatic carbocycles. The van der Waals surface area contributed by atoms with Gasteiger partial charge in [0.25, 0.3) is 5.69 Å². The molecule has 21 heavy (non-hydrogen) atoms. The molecule has 0 radical (unpaired) electrons. The van der Waals surface area contributed by atoms with Gasteiger partial charge in [-0.1, -0.05) is 25.4 Å². The van der Waals surface area contributed by atoms with E-state index in [9.17, 15) is 23.3 Å². The van der Waals surface area contributed by atoms with Crippen molar-refractivity contribution < 1.29 is 23.2 Å². The van der Waals surface area contributed by atoms with Crippen molar-refractivity contribution in [2.24, 2.45) is 5.92 Å². The molecule has 0 unspecified atom stereocenters. The fraction of sp³-hybridized carbons (Fsp3) is 0.364. The second-order valence-corrected chi connectivity index (χ2v) is 6.67. The Labute approximate surface area is 125 Å². The van der Waals surface area contributed by atoms with Crippen LogP contribution in [-0.4, -0.2) is 30.5 Å². The molecule has 8 nitrogen and oxygen atoms in total. The van der Waals surface area contributed by atoms with Crippen molar-refractivity contribution >= 4 is 33.3 Å². The lowest BCUT2D eigenvalue weighted by Gasteiger charge is -2.17. The Bertz CT molecular complexity index is 673. The summed E-state index contributed by atoms with van der Waals surface area (Å²) in [7, 11) is -4.37. The Morgan fingerprint density at radius 3 is 2.43 bits per heavy atom. The topological polar surface area (TPSA) is 127 Å². The molecule has 0 amide bonds. The molecule has 2 N–H and O–H groups in total. The molecular weight excluding hydrogens is 324 g/mol. The average Bonchev–Trinajstić information content (AvgIpc) is 2.34. The van der Waals surface area contributed by atoms with E-state index in [4.69, 9.17) is 16.7 Å². The maximum absolute atomic E-state index is 12.2. The molecule has 0 saturated carbocycles. The predicted molar refractivity (Wildman–Crippen MR) is 74.7 cm³/mol. The van der Waals surface area contributed by atoms with E-state index in [0.717, 1.165) is 12.1 Å². The van der Waals surface area contributed by atoms with E-state index in [1.54, 1.807) is 0 Å². The molecule has 1 aromatic rings. The second-order valence-electron chi connectivity index (χ2n) is 4.55. The summed E-state index contributed by atoms with van der Waals surface area (Å²) >= 11 is 5.60. The Kier molecular flexibility index (Phi) is 5.26. The lowest BCUT2D eigenvalue weighted by atomic mass is 10.1. The van der Waals surface area contributed by atoms with E-state index < -0.39 is 43.5 Å². The van der Waals surface area contributed by atoms with Crippen molar-refractivity contribution in [2.45, 2.75) is 24.8 Å². The number of carbonyl (C=O) groups is 1. The number of nitro benzene ring substituents is 1. The van der Waals surface area contributed by atoms with Crippen molar-refractivity contribution in [3.8, 4) is 0 Å². The molecule has 10 heteroatoms. The summed E-state index contributed by atoms with van der Waals surface area (Å²) in [5.74, 6) is -1.91. The highest BCUT2D eigenvalue weighted by molar-refractivity contribution is 7.89. The van der Waals surface area contributed by atoms with E-state index in [2.05, 4.69) is 0 Å². The van der Waals surface area contributed by atoms with E-state index in [1.165, 1.54) is 19.9 Å². The number of carboxylic acids is 1. The van der Waals surface area contributed by atoms with Gasteiger partial charge < -0.3 is 5.11 Å². The first-order chi connectivity index (χ1) is 9.56. The van der Waals surface area contributed by atoms with Crippen LogP contribution in [0, 0.1) is 16.0 Å². The zero-order chi connectivity index (χ0) is 16.4. The number of nitrogens with zero attached hydrogens (tertiary/aromatic N) is 1. The zero-order valence-electron chi connectivity index (χ0n) is 11.1. The van der Waals surface area contributed by atoms with Gasteiger partial charge in [0, 0.05) is 11.1 Å². The summed E-state index contributed by atoms with van der Waals surface area (Å²) in [6.45, 7) is 3.02. The number of hydrogen-bond donors (Lipinski definition) is 2. The fourth-order valence-corrected chi connectivity index (χ4v) is 3.22. The van der Waals surface area contributed by atoms with Crippen LogP contribution >= 0.6 is 11.6 Å². The first kappa shape index (κ1) is 17.3. The largest absolute Gasteiger partial charge is 0.480 e. The lowest BCUT2D eigenvalue weighted by molar-refractivity contribution is -0.387. The third-order valence-electron chi connectivity index (χ3n) is 2.62. The molecule has 1 atom stereocenters. The van der Waals surface area contributed by atoms with Crippen molar-refractivity contribution in [3.63, 3.8) is 0 Å². The summed E-state index contributed by atoms with van der Waals surface area (Å²) < 4.78 is 26.3. The van der Waals surface area contributed by atoms with Crippen LogP contribution < -0.4 is 4.72 Å². The number of aliphatic carboxylic acids is 1. The van der Waals surface area contributed by atoms with Gasteiger partial charge in [0.2, 0.25) is 10.0 Å². The summed E-state index contributed by atoms with van der Waals surface area (Å²) in [5.41, 5.74) is -0.720. The van der Waals surface area contributed by atoms with Crippen molar-refractivity contribution in [3.05, 3.63) is 33.3 Å². The van der Waals surface area contributed by atoms with Crippen LogP contribution in [0.3, 0.4) is 0 Å². The molecule has 116 valence electrons. The van der Waals surface area contributed by atoms with Crippen LogP contribution in [-0.2, 0) is 14.8 Å². The monoisotopic (exact) mass is 336 g/mol. The maximum Gasteiger partial charge on any atom is 0.322 e. The van der Waals surface area contributed by atoms with Gasteiger partial charge in [-0.05, 0) is 18.1 Å². The fourth-order valence-electron chi connectivity index (χ4n) is 1.56. The highest BCUT2D eigenvalue weighted by Gasteiger charge is 2.32. The molecule has 0 spiro atoms.